The third kappa shape index (κ3) is 1.75. The number of hydrogen-bond acceptors (Lipinski definition) is 1. The van der Waals surface area contributed by atoms with E-state index >= 15 is 0 Å². The van der Waals surface area contributed by atoms with Gasteiger partial charge >= 0.3 is 0 Å². The van der Waals surface area contributed by atoms with Gasteiger partial charge in [-0.1, -0.05) is 17.7 Å². The molecule has 1 aliphatic carbocycles. The van der Waals surface area contributed by atoms with Gasteiger partial charge in [0.15, 0.2) is 0 Å². The number of nitrogens with zero attached hydrogens (tertiary/aromatic N) is 1. The second kappa shape index (κ2) is 4.02. The molecule has 0 aromatic heterocycles. The SMILES string of the molecule is [2H]C1CC(=O)N(C)C2CCc3ccc(Cl)cc3C12. The van der Waals surface area contributed by atoms with Crippen LogP contribution < -0.4 is 0 Å². The smallest absolute Gasteiger partial charge is 0.222 e. The molecule has 0 radical (unpaired) electrons. The Kier molecular flexibility index (Phi) is 2.36. The Morgan fingerprint density at radius 1 is 1.47 bits per heavy atom. The van der Waals surface area contributed by atoms with Crippen molar-refractivity contribution < 1.29 is 6.17 Å². The first-order valence-corrected chi connectivity index (χ1v) is 6.42. The van der Waals surface area contributed by atoms with Gasteiger partial charge in [0.25, 0.3) is 0 Å². The van der Waals surface area contributed by atoms with Crippen LogP contribution in [0.2, 0.25) is 5.02 Å². The molecule has 0 spiro atoms. The summed E-state index contributed by atoms with van der Waals surface area (Å²) in [6.45, 7) is 0. The summed E-state index contributed by atoms with van der Waals surface area (Å²) in [6.07, 6.45) is 1.91. The quantitative estimate of drug-likeness (QED) is 0.693. The molecule has 17 heavy (non-hydrogen) atoms. The van der Waals surface area contributed by atoms with Crippen LogP contribution in [0.1, 0.15) is 37.7 Å². The van der Waals surface area contributed by atoms with Crippen molar-refractivity contribution in [3.05, 3.63) is 34.3 Å². The fourth-order valence-corrected chi connectivity index (χ4v) is 3.25. The lowest BCUT2D eigenvalue weighted by atomic mass is 9.74. The number of hydrogen-bond donors (Lipinski definition) is 0. The molecule has 1 amide bonds. The van der Waals surface area contributed by atoms with Gasteiger partial charge in [-0.25, -0.2) is 0 Å². The topological polar surface area (TPSA) is 20.3 Å². The van der Waals surface area contributed by atoms with E-state index in [9.17, 15) is 4.79 Å². The fourth-order valence-electron chi connectivity index (χ4n) is 3.07. The van der Waals surface area contributed by atoms with Crippen LogP contribution >= 0.6 is 11.6 Å². The molecule has 3 rings (SSSR count). The van der Waals surface area contributed by atoms with Crippen LogP contribution in [0.5, 0.6) is 0 Å². The predicted molar refractivity (Wildman–Crippen MR) is 68.3 cm³/mol. The van der Waals surface area contributed by atoms with Crippen LogP contribution in [0.4, 0.5) is 0 Å². The first kappa shape index (κ1) is 9.95. The number of likely N-dealkylation sites (N-methyl/N-ethyl adjacent to an activating group) is 1. The van der Waals surface area contributed by atoms with Gasteiger partial charge in [0, 0.05) is 31.8 Å². The number of carbonyl (C=O) groups is 1. The molecule has 0 N–H and O–H groups in total. The van der Waals surface area contributed by atoms with Crippen molar-refractivity contribution in [2.45, 2.75) is 37.6 Å². The number of piperidine rings is 1. The molecule has 1 fully saturated rings. The first-order valence-electron chi connectivity index (χ1n) is 6.62. The Hall–Kier alpha value is -1.02. The van der Waals surface area contributed by atoms with Crippen molar-refractivity contribution in [1.82, 2.24) is 4.90 Å². The minimum absolute atomic E-state index is 0.0988. The Labute approximate surface area is 108 Å². The van der Waals surface area contributed by atoms with E-state index in [0.717, 1.165) is 17.9 Å². The summed E-state index contributed by atoms with van der Waals surface area (Å²) in [5.74, 6) is 0.219. The van der Waals surface area contributed by atoms with Gasteiger partial charge in [-0.3, -0.25) is 4.79 Å². The highest BCUT2D eigenvalue weighted by molar-refractivity contribution is 6.30. The normalized spacial score (nSPS) is 32.8. The number of amides is 1. The van der Waals surface area contributed by atoms with Crippen molar-refractivity contribution in [3.8, 4) is 0 Å². The van der Waals surface area contributed by atoms with Crippen LogP contribution in [0.15, 0.2) is 18.2 Å². The maximum Gasteiger partial charge on any atom is 0.222 e. The minimum Gasteiger partial charge on any atom is -0.342 e. The van der Waals surface area contributed by atoms with Crippen LogP contribution in [-0.2, 0) is 11.2 Å². The van der Waals surface area contributed by atoms with Crippen molar-refractivity contribution in [2.75, 3.05) is 7.05 Å². The standard InChI is InChI=1S/C14H16ClNO/c1-16-13-6-3-9-2-4-10(15)8-12(9)11(13)5-7-14(16)17/h2,4,8,11,13H,3,5-7H2,1H3/i5D. The minimum atomic E-state index is -0.337. The van der Waals surface area contributed by atoms with Gasteiger partial charge in [0.1, 0.15) is 0 Å². The summed E-state index contributed by atoms with van der Waals surface area (Å²) in [5, 5.41) is 0.723. The number of carbonyl (C=O) groups excluding carboxylic acids is 1. The van der Waals surface area contributed by atoms with E-state index in [-0.39, 0.29) is 24.3 Å². The Morgan fingerprint density at radius 3 is 3.12 bits per heavy atom. The Balaban J connectivity index is 2.06. The highest BCUT2D eigenvalue weighted by atomic mass is 35.5. The largest absolute Gasteiger partial charge is 0.342 e. The second-order valence-electron chi connectivity index (χ2n) is 4.92. The van der Waals surface area contributed by atoms with Gasteiger partial charge < -0.3 is 4.90 Å². The monoisotopic (exact) mass is 250 g/mol. The molecule has 1 aliphatic heterocycles. The van der Waals surface area contributed by atoms with E-state index in [4.69, 9.17) is 13.0 Å². The lowest BCUT2D eigenvalue weighted by molar-refractivity contribution is -0.135. The summed E-state index contributed by atoms with van der Waals surface area (Å²) >= 11 is 6.08. The lowest BCUT2D eigenvalue weighted by Gasteiger charge is -2.43. The molecule has 1 aromatic rings. The lowest BCUT2D eigenvalue weighted by Crippen LogP contribution is -2.47. The van der Waals surface area contributed by atoms with Gasteiger partial charge in [-0.15, -0.1) is 0 Å². The second-order valence-corrected chi connectivity index (χ2v) is 5.36. The summed E-state index contributed by atoms with van der Waals surface area (Å²) < 4.78 is 8.23. The molecule has 1 saturated heterocycles. The number of likely N-dealkylation sites (tertiary alicyclic amines) is 1. The van der Waals surface area contributed by atoms with E-state index in [1.807, 2.05) is 24.1 Å². The molecule has 0 saturated carbocycles. The van der Waals surface area contributed by atoms with Crippen molar-refractivity contribution >= 4 is 17.5 Å². The number of aryl methyl sites for hydroxylation is 1. The molecule has 3 atom stereocenters. The summed E-state index contributed by atoms with van der Waals surface area (Å²) in [4.78, 5) is 13.7. The third-order valence-corrected chi connectivity index (χ3v) is 4.26. The Morgan fingerprint density at radius 2 is 2.29 bits per heavy atom. The van der Waals surface area contributed by atoms with Gasteiger partial charge in [0.05, 0.1) is 0 Å². The maximum absolute atomic E-state index is 11.8. The third-order valence-electron chi connectivity index (χ3n) is 4.03. The summed E-state index contributed by atoms with van der Waals surface area (Å²) in [5.41, 5.74) is 2.47. The average Bonchev–Trinajstić information content (AvgIpc) is 2.34. The molecule has 3 heteroatoms. The molecule has 3 unspecified atom stereocenters. The molecule has 0 bridgehead atoms. The maximum atomic E-state index is 11.8. The molecular formula is C14H16ClNO. The molecule has 1 heterocycles. The molecule has 90 valence electrons. The van der Waals surface area contributed by atoms with Crippen molar-refractivity contribution in [3.63, 3.8) is 0 Å². The van der Waals surface area contributed by atoms with Gasteiger partial charge in [0.2, 0.25) is 5.91 Å². The number of benzene rings is 1. The van der Waals surface area contributed by atoms with Crippen LogP contribution in [-0.4, -0.2) is 23.9 Å². The predicted octanol–water partition coefficient (Wildman–Crippen LogP) is 2.99. The highest BCUT2D eigenvalue weighted by Gasteiger charge is 2.37. The van der Waals surface area contributed by atoms with Crippen LogP contribution in [0.3, 0.4) is 0 Å². The van der Waals surface area contributed by atoms with E-state index in [1.165, 1.54) is 11.1 Å². The zero-order chi connectivity index (χ0) is 12.9. The highest BCUT2D eigenvalue weighted by Crippen LogP contribution is 2.41. The summed E-state index contributed by atoms with van der Waals surface area (Å²) in [6, 6.07) is 6.13. The van der Waals surface area contributed by atoms with E-state index < -0.39 is 0 Å². The van der Waals surface area contributed by atoms with Crippen molar-refractivity contribution in [1.29, 1.82) is 0 Å². The Bertz CT molecular complexity index is 505. The van der Waals surface area contributed by atoms with Gasteiger partial charge in [-0.05, 0) is 42.5 Å². The zero-order valence-corrected chi connectivity index (χ0v) is 10.6. The number of rotatable bonds is 0. The zero-order valence-electron chi connectivity index (χ0n) is 10.8. The number of fused-ring (bicyclic) bond motifs is 3. The van der Waals surface area contributed by atoms with Crippen LogP contribution in [0, 0.1) is 0 Å². The molecule has 2 nitrogen and oxygen atoms in total. The van der Waals surface area contributed by atoms with Gasteiger partial charge in [-0.2, -0.15) is 0 Å². The average molecular weight is 251 g/mol. The molecule has 2 aliphatic rings. The fraction of sp³-hybridized carbons (Fsp3) is 0.500. The van der Waals surface area contributed by atoms with E-state index in [1.54, 1.807) is 0 Å². The first-order chi connectivity index (χ1) is 8.58. The molecular weight excluding hydrogens is 234 g/mol. The van der Waals surface area contributed by atoms with Crippen molar-refractivity contribution in [2.24, 2.45) is 0 Å². The molecule has 1 aromatic carbocycles. The van der Waals surface area contributed by atoms with E-state index in [2.05, 4.69) is 6.07 Å². The van der Waals surface area contributed by atoms with E-state index in [0.29, 0.717) is 6.42 Å². The summed E-state index contributed by atoms with van der Waals surface area (Å²) in [7, 11) is 1.86. The van der Waals surface area contributed by atoms with Crippen LogP contribution in [0.25, 0.3) is 0 Å². The number of halogens is 1.